The first-order valence-corrected chi connectivity index (χ1v) is 8.06. The van der Waals surface area contributed by atoms with Crippen molar-refractivity contribution < 1.29 is 8.42 Å². The molecule has 1 rings (SSSR count). The van der Waals surface area contributed by atoms with Gasteiger partial charge in [0.2, 0.25) is 10.0 Å². The molecule has 0 unspecified atom stereocenters. The molecular formula is C11H20N2O2S2. The molecule has 1 aliphatic rings. The van der Waals surface area contributed by atoms with Crippen LogP contribution < -0.4 is 4.72 Å². The lowest BCUT2D eigenvalue weighted by molar-refractivity contribution is 0.375. The van der Waals surface area contributed by atoms with E-state index in [1.165, 1.54) is 0 Å². The molecule has 0 amide bonds. The first kappa shape index (κ1) is 14.8. The summed E-state index contributed by atoms with van der Waals surface area (Å²) in [7, 11) is -3.13. The lowest BCUT2D eigenvalue weighted by atomic mass is 9.92. The van der Waals surface area contributed by atoms with Crippen molar-refractivity contribution in [3.05, 3.63) is 0 Å². The minimum absolute atomic E-state index is 0.0651. The molecule has 0 bridgehead atoms. The molecule has 4 nitrogen and oxygen atoms in total. The third-order valence-electron chi connectivity index (χ3n) is 2.83. The van der Waals surface area contributed by atoms with E-state index in [1.54, 1.807) is 0 Å². The first-order chi connectivity index (χ1) is 7.93. The molecule has 1 saturated carbocycles. The number of hydrogen-bond donors (Lipinski definition) is 1. The molecular weight excluding hydrogens is 256 g/mol. The summed E-state index contributed by atoms with van der Waals surface area (Å²) >= 11 is 4.57. The van der Waals surface area contributed by atoms with E-state index in [1.807, 2.05) is 13.8 Å². The van der Waals surface area contributed by atoms with E-state index in [2.05, 4.69) is 27.1 Å². The minimum Gasteiger partial charge on any atom is -0.229 e. The Bertz CT molecular complexity index is 378. The van der Waals surface area contributed by atoms with Crippen molar-refractivity contribution in [2.24, 2.45) is 10.9 Å². The van der Waals surface area contributed by atoms with Crippen LogP contribution in [0.1, 0.15) is 39.5 Å². The molecule has 0 radical (unpaired) electrons. The highest BCUT2D eigenvalue weighted by Gasteiger charge is 2.24. The van der Waals surface area contributed by atoms with Gasteiger partial charge < -0.3 is 0 Å². The summed E-state index contributed by atoms with van der Waals surface area (Å²) in [6.45, 7) is 3.81. The molecule has 1 N–H and O–H groups in total. The second kappa shape index (κ2) is 6.59. The van der Waals surface area contributed by atoms with Gasteiger partial charge in [0.15, 0.2) is 0 Å². The largest absolute Gasteiger partial charge is 0.229 e. The Hall–Kier alpha value is -0.290. The highest BCUT2D eigenvalue weighted by atomic mass is 32.2. The molecule has 0 heterocycles. The van der Waals surface area contributed by atoms with Crippen LogP contribution in [0.25, 0.3) is 0 Å². The van der Waals surface area contributed by atoms with E-state index in [0.717, 1.165) is 25.7 Å². The van der Waals surface area contributed by atoms with Crippen LogP contribution in [0.5, 0.6) is 0 Å². The van der Waals surface area contributed by atoms with Gasteiger partial charge in [-0.2, -0.15) is 0 Å². The third-order valence-corrected chi connectivity index (χ3v) is 4.73. The number of hydrogen-bond acceptors (Lipinski definition) is 4. The molecule has 98 valence electrons. The quantitative estimate of drug-likeness (QED) is 0.617. The lowest BCUT2D eigenvalue weighted by Gasteiger charge is -2.26. The summed E-state index contributed by atoms with van der Waals surface area (Å²) < 4.78 is 26.3. The molecule has 0 aromatic heterocycles. The highest BCUT2D eigenvalue weighted by molar-refractivity contribution is 7.89. The van der Waals surface area contributed by atoms with E-state index >= 15 is 0 Å². The fourth-order valence-corrected chi connectivity index (χ4v) is 4.00. The molecule has 0 spiro atoms. The smallest absolute Gasteiger partial charge is 0.212 e. The van der Waals surface area contributed by atoms with Crippen LogP contribution in [0, 0.1) is 5.92 Å². The van der Waals surface area contributed by atoms with Crippen LogP contribution in [0.2, 0.25) is 0 Å². The van der Waals surface area contributed by atoms with E-state index < -0.39 is 10.0 Å². The fraction of sp³-hybridized carbons (Fsp3) is 0.909. The van der Waals surface area contributed by atoms with E-state index in [9.17, 15) is 8.42 Å². The van der Waals surface area contributed by atoms with Gasteiger partial charge in [0.1, 0.15) is 0 Å². The van der Waals surface area contributed by atoms with Crippen LogP contribution in [0.4, 0.5) is 0 Å². The Morgan fingerprint density at radius 1 is 1.35 bits per heavy atom. The predicted octanol–water partition coefficient (Wildman–Crippen LogP) is 1.98. The standard InChI is InChI=1S/C11H20N2O2S2/c1-9(2)7-17(14,15)13-11-5-3-10(4-6-11)12-8-16/h9-11,13H,3-7H2,1-2H3. The zero-order valence-corrected chi connectivity index (χ0v) is 12.0. The van der Waals surface area contributed by atoms with E-state index in [0.29, 0.717) is 0 Å². The van der Waals surface area contributed by atoms with Crippen molar-refractivity contribution in [1.82, 2.24) is 4.72 Å². The molecule has 0 atom stereocenters. The predicted molar refractivity (Wildman–Crippen MR) is 72.8 cm³/mol. The summed E-state index contributed by atoms with van der Waals surface area (Å²) in [6.07, 6.45) is 3.45. The molecule has 6 heteroatoms. The maximum atomic E-state index is 11.8. The van der Waals surface area contributed by atoms with Crippen molar-refractivity contribution in [3.8, 4) is 0 Å². The summed E-state index contributed by atoms with van der Waals surface area (Å²) in [6, 6.07) is 0.300. The number of thiocarbonyl (C=S) groups is 1. The maximum Gasteiger partial charge on any atom is 0.212 e. The number of nitrogens with zero attached hydrogens (tertiary/aromatic N) is 1. The van der Waals surface area contributed by atoms with E-state index in [4.69, 9.17) is 0 Å². The zero-order chi connectivity index (χ0) is 12.9. The minimum atomic E-state index is -3.13. The van der Waals surface area contributed by atoms with Crippen LogP contribution in [0.15, 0.2) is 4.99 Å². The second-order valence-corrected chi connectivity index (χ2v) is 7.00. The summed E-state index contributed by atoms with van der Waals surface area (Å²) in [5, 5.41) is 2.40. The first-order valence-electron chi connectivity index (χ1n) is 6.00. The van der Waals surface area contributed by atoms with Crippen LogP contribution in [0.3, 0.4) is 0 Å². The molecule has 17 heavy (non-hydrogen) atoms. The van der Waals surface area contributed by atoms with E-state index in [-0.39, 0.29) is 23.8 Å². The molecule has 1 fully saturated rings. The van der Waals surface area contributed by atoms with Crippen LogP contribution in [-0.4, -0.2) is 31.4 Å². The van der Waals surface area contributed by atoms with Gasteiger partial charge in [-0.1, -0.05) is 13.8 Å². The SMILES string of the molecule is CC(C)CS(=O)(=O)NC1CCC(N=C=S)CC1. The van der Waals surface area contributed by atoms with Gasteiger partial charge in [0, 0.05) is 6.04 Å². The third kappa shape index (κ3) is 5.73. The van der Waals surface area contributed by atoms with Crippen molar-refractivity contribution >= 4 is 27.4 Å². The topological polar surface area (TPSA) is 58.5 Å². The number of rotatable bonds is 5. The monoisotopic (exact) mass is 276 g/mol. The van der Waals surface area contributed by atoms with Crippen molar-refractivity contribution in [3.63, 3.8) is 0 Å². The van der Waals surface area contributed by atoms with Crippen LogP contribution in [-0.2, 0) is 10.0 Å². The van der Waals surface area contributed by atoms with Gasteiger partial charge >= 0.3 is 0 Å². The Morgan fingerprint density at radius 2 is 1.94 bits per heavy atom. The molecule has 1 aliphatic carbocycles. The number of nitrogens with one attached hydrogen (secondary N) is 1. The molecule has 0 aromatic carbocycles. The number of aliphatic imine (C=N–C) groups is 1. The van der Waals surface area contributed by atoms with Crippen molar-refractivity contribution in [2.75, 3.05) is 5.75 Å². The average molecular weight is 276 g/mol. The summed E-state index contributed by atoms with van der Waals surface area (Å²) in [5.41, 5.74) is 0. The van der Waals surface area contributed by atoms with Gasteiger partial charge in [-0.25, -0.2) is 18.1 Å². The molecule has 0 aromatic rings. The van der Waals surface area contributed by atoms with Gasteiger partial charge in [-0.05, 0) is 43.8 Å². The molecule has 0 saturated heterocycles. The lowest BCUT2D eigenvalue weighted by Crippen LogP contribution is -2.40. The Morgan fingerprint density at radius 3 is 2.41 bits per heavy atom. The normalized spacial score (nSPS) is 25.6. The van der Waals surface area contributed by atoms with Gasteiger partial charge in [0.05, 0.1) is 17.0 Å². The van der Waals surface area contributed by atoms with Crippen molar-refractivity contribution in [2.45, 2.75) is 51.6 Å². The fourth-order valence-electron chi connectivity index (χ4n) is 2.14. The molecule has 0 aliphatic heterocycles. The zero-order valence-electron chi connectivity index (χ0n) is 10.3. The van der Waals surface area contributed by atoms with Crippen LogP contribution >= 0.6 is 12.2 Å². The summed E-state index contributed by atoms with van der Waals surface area (Å²) in [4.78, 5) is 4.05. The van der Waals surface area contributed by atoms with Gasteiger partial charge in [-0.3, -0.25) is 0 Å². The van der Waals surface area contributed by atoms with Gasteiger partial charge in [0.25, 0.3) is 0 Å². The highest BCUT2D eigenvalue weighted by Crippen LogP contribution is 2.21. The number of isothiocyanates is 1. The Balaban J connectivity index is 2.42. The number of sulfonamides is 1. The van der Waals surface area contributed by atoms with Gasteiger partial charge in [-0.15, -0.1) is 0 Å². The Kier molecular flexibility index (Phi) is 5.73. The average Bonchev–Trinajstić information content (AvgIpc) is 2.18. The second-order valence-electron chi connectivity index (χ2n) is 5.02. The Labute approximate surface area is 109 Å². The summed E-state index contributed by atoms with van der Waals surface area (Å²) in [5.74, 6) is 0.355. The maximum absolute atomic E-state index is 11.8. The van der Waals surface area contributed by atoms with Crippen molar-refractivity contribution in [1.29, 1.82) is 0 Å².